The van der Waals surface area contributed by atoms with Gasteiger partial charge in [0.15, 0.2) is 5.82 Å². The molecule has 204 valence electrons. The van der Waals surface area contributed by atoms with E-state index in [9.17, 15) is 14.7 Å². The number of hydrogen-bond donors (Lipinski definition) is 3. The second kappa shape index (κ2) is 10.5. The van der Waals surface area contributed by atoms with Crippen LogP contribution in [0, 0.1) is 0 Å². The molecule has 4 heterocycles. The van der Waals surface area contributed by atoms with Crippen LogP contribution < -0.4 is 16.3 Å². The number of carbonyl (C=O) groups excluding carboxylic acids is 1. The number of rotatable bonds is 7. The van der Waals surface area contributed by atoms with Crippen LogP contribution in [0.25, 0.3) is 28.0 Å². The van der Waals surface area contributed by atoms with E-state index in [1.165, 1.54) is 4.57 Å². The molecular formula is C29H30N8O3. The molecule has 11 nitrogen and oxygen atoms in total. The summed E-state index contributed by atoms with van der Waals surface area (Å²) in [4.78, 5) is 36.3. The normalized spacial score (nSPS) is 15.6. The van der Waals surface area contributed by atoms with Crippen LogP contribution in [-0.2, 0) is 26.2 Å². The van der Waals surface area contributed by atoms with Crippen LogP contribution in [0.15, 0.2) is 71.9 Å². The fraction of sp³-hybridized carbons (Fsp3) is 0.276. The first-order valence-electron chi connectivity index (χ1n) is 13.3. The van der Waals surface area contributed by atoms with Gasteiger partial charge in [0.2, 0.25) is 0 Å². The Morgan fingerprint density at radius 1 is 1.18 bits per heavy atom. The van der Waals surface area contributed by atoms with Crippen molar-refractivity contribution in [3.8, 4) is 17.1 Å². The first-order valence-corrected chi connectivity index (χ1v) is 13.3. The highest BCUT2D eigenvalue weighted by Crippen LogP contribution is 2.23. The Balaban J connectivity index is 1.38. The van der Waals surface area contributed by atoms with Gasteiger partial charge in [-0.3, -0.25) is 18.6 Å². The van der Waals surface area contributed by atoms with E-state index < -0.39 is 6.10 Å². The summed E-state index contributed by atoms with van der Waals surface area (Å²) in [6.45, 7) is 5.17. The SMILES string of the molecule is CC1Cn2c(c(C(=O)NCc3ccccc3-c3ncccn3)n(-c3ccc4c(cnn4C[C@@H](C)O)c3)c2=O)CN1. The van der Waals surface area contributed by atoms with Crippen molar-refractivity contribution in [3.63, 3.8) is 0 Å². The molecule has 0 spiro atoms. The standard InChI is InChI=1S/C29H30N8O3/c1-18-16-35-25(15-32-18)26(28(39)33-13-20-6-3-4-7-23(20)27-30-10-5-11-31-27)37(29(35)40)22-8-9-24-21(12-22)14-34-36(24)17-19(2)38/h3-12,14,18-19,32,38H,13,15-17H2,1-2H3,(H,33,39)/t18?,19-/m1/s1. The zero-order valence-corrected chi connectivity index (χ0v) is 22.3. The minimum atomic E-state index is -0.549. The molecule has 0 fully saturated rings. The fourth-order valence-electron chi connectivity index (χ4n) is 5.24. The van der Waals surface area contributed by atoms with Crippen molar-refractivity contribution in [2.24, 2.45) is 0 Å². The first kappa shape index (κ1) is 25.7. The third kappa shape index (κ3) is 4.69. The van der Waals surface area contributed by atoms with Crippen LogP contribution in [0.3, 0.4) is 0 Å². The molecule has 1 unspecified atom stereocenters. The number of nitrogens with zero attached hydrogens (tertiary/aromatic N) is 6. The fourth-order valence-corrected chi connectivity index (χ4v) is 5.24. The highest BCUT2D eigenvalue weighted by atomic mass is 16.3. The predicted octanol–water partition coefficient (Wildman–Crippen LogP) is 2.25. The average molecular weight is 539 g/mol. The van der Waals surface area contributed by atoms with Gasteiger partial charge in [0, 0.05) is 49.0 Å². The number of amides is 1. The molecule has 2 aromatic carbocycles. The topological polar surface area (TPSA) is 132 Å². The number of aliphatic hydroxyl groups is 1. The molecule has 0 bridgehead atoms. The van der Waals surface area contributed by atoms with Crippen molar-refractivity contribution in [1.29, 1.82) is 0 Å². The summed E-state index contributed by atoms with van der Waals surface area (Å²) in [6, 6.07) is 15.0. The zero-order chi connectivity index (χ0) is 27.8. The summed E-state index contributed by atoms with van der Waals surface area (Å²) < 4.78 is 4.90. The molecule has 5 aromatic rings. The number of carbonyl (C=O) groups is 1. The molecule has 1 amide bonds. The van der Waals surface area contributed by atoms with Gasteiger partial charge in [0.1, 0.15) is 5.69 Å². The molecule has 40 heavy (non-hydrogen) atoms. The molecule has 0 saturated heterocycles. The van der Waals surface area contributed by atoms with E-state index >= 15 is 0 Å². The van der Waals surface area contributed by atoms with Crippen molar-refractivity contribution >= 4 is 16.8 Å². The van der Waals surface area contributed by atoms with Crippen LogP contribution >= 0.6 is 0 Å². The van der Waals surface area contributed by atoms with Crippen LogP contribution in [0.1, 0.15) is 35.6 Å². The monoisotopic (exact) mass is 538 g/mol. The smallest absolute Gasteiger partial charge is 0.333 e. The van der Waals surface area contributed by atoms with Gasteiger partial charge < -0.3 is 15.7 Å². The summed E-state index contributed by atoms with van der Waals surface area (Å²) in [5.41, 5.74) is 3.79. The van der Waals surface area contributed by atoms with Crippen molar-refractivity contribution in [2.75, 3.05) is 0 Å². The number of hydrogen-bond acceptors (Lipinski definition) is 7. The van der Waals surface area contributed by atoms with Gasteiger partial charge in [-0.15, -0.1) is 0 Å². The van der Waals surface area contributed by atoms with Gasteiger partial charge in [-0.2, -0.15) is 5.10 Å². The van der Waals surface area contributed by atoms with E-state index in [0.717, 1.165) is 22.0 Å². The Kier molecular flexibility index (Phi) is 6.74. The lowest BCUT2D eigenvalue weighted by Crippen LogP contribution is -2.40. The van der Waals surface area contributed by atoms with Gasteiger partial charge in [-0.05, 0) is 43.7 Å². The maximum absolute atomic E-state index is 13.8. The van der Waals surface area contributed by atoms with E-state index in [4.69, 9.17) is 0 Å². The largest absolute Gasteiger partial charge is 0.391 e. The third-order valence-electron chi connectivity index (χ3n) is 7.12. The molecule has 3 N–H and O–H groups in total. The van der Waals surface area contributed by atoms with Crippen molar-refractivity contribution in [3.05, 3.63) is 94.6 Å². The van der Waals surface area contributed by atoms with Crippen LogP contribution in [-0.4, -0.2) is 52.0 Å². The Bertz CT molecular complexity index is 1750. The Morgan fingerprint density at radius 3 is 2.77 bits per heavy atom. The van der Waals surface area contributed by atoms with E-state index in [2.05, 4.69) is 25.7 Å². The second-order valence-electron chi connectivity index (χ2n) is 10.1. The van der Waals surface area contributed by atoms with Crippen molar-refractivity contribution < 1.29 is 9.90 Å². The summed E-state index contributed by atoms with van der Waals surface area (Å²) in [5.74, 6) is 0.226. The Labute approximate surface area is 230 Å². The van der Waals surface area contributed by atoms with Crippen LogP contribution in [0.5, 0.6) is 0 Å². The quantitative estimate of drug-likeness (QED) is 0.290. The van der Waals surface area contributed by atoms with Gasteiger partial charge in [0.25, 0.3) is 5.91 Å². The van der Waals surface area contributed by atoms with Crippen LogP contribution in [0.2, 0.25) is 0 Å². The van der Waals surface area contributed by atoms with E-state index in [0.29, 0.717) is 42.5 Å². The molecule has 0 aliphatic carbocycles. The Morgan fingerprint density at radius 2 is 1.98 bits per heavy atom. The summed E-state index contributed by atoms with van der Waals surface area (Å²) in [7, 11) is 0. The number of aliphatic hydroxyl groups excluding tert-OH is 1. The van der Waals surface area contributed by atoms with E-state index in [1.807, 2.05) is 49.4 Å². The average Bonchev–Trinajstić information content (AvgIpc) is 3.49. The van der Waals surface area contributed by atoms with Crippen molar-refractivity contribution in [1.82, 2.24) is 39.5 Å². The van der Waals surface area contributed by atoms with Gasteiger partial charge in [-0.25, -0.2) is 14.8 Å². The second-order valence-corrected chi connectivity index (χ2v) is 10.1. The van der Waals surface area contributed by atoms with Gasteiger partial charge >= 0.3 is 5.69 Å². The molecule has 3 aromatic heterocycles. The highest BCUT2D eigenvalue weighted by Gasteiger charge is 2.29. The Hall–Kier alpha value is -4.61. The summed E-state index contributed by atoms with van der Waals surface area (Å²) in [5, 5.41) is 21.4. The zero-order valence-electron chi connectivity index (χ0n) is 22.3. The first-order chi connectivity index (χ1) is 19.4. The van der Waals surface area contributed by atoms with Crippen LogP contribution in [0.4, 0.5) is 0 Å². The molecule has 1 aliphatic heterocycles. The maximum atomic E-state index is 13.8. The van der Waals surface area contributed by atoms with Crippen molar-refractivity contribution in [2.45, 2.75) is 52.2 Å². The van der Waals surface area contributed by atoms with Gasteiger partial charge in [0.05, 0.1) is 35.7 Å². The summed E-state index contributed by atoms with van der Waals surface area (Å²) in [6.07, 6.45) is 4.52. The molecule has 11 heteroatoms. The lowest BCUT2D eigenvalue weighted by atomic mass is 10.1. The number of aromatic nitrogens is 6. The van der Waals surface area contributed by atoms with E-state index in [-0.39, 0.29) is 24.2 Å². The summed E-state index contributed by atoms with van der Waals surface area (Å²) >= 11 is 0. The number of imidazole rings is 1. The molecule has 6 rings (SSSR count). The molecular weight excluding hydrogens is 508 g/mol. The molecule has 2 atom stereocenters. The number of benzene rings is 2. The number of nitrogens with one attached hydrogen (secondary N) is 2. The van der Waals surface area contributed by atoms with Gasteiger partial charge in [-0.1, -0.05) is 24.3 Å². The van der Waals surface area contributed by atoms with E-state index in [1.54, 1.807) is 40.8 Å². The maximum Gasteiger partial charge on any atom is 0.333 e. The molecule has 0 radical (unpaired) electrons. The minimum absolute atomic E-state index is 0.0934. The molecule has 0 saturated carbocycles. The number of fused-ring (bicyclic) bond motifs is 2. The highest BCUT2D eigenvalue weighted by molar-refractivity contribution is 5.95. The predicted molar refractivity (Wildman–Crippen MR) is 150 cm³/mol. The lowest BCUT2D eigenvalue weighted by Gasteiger charge is -2.22. The minimum Gasteiger partial charge on any atom is -0.391 e. The third-order valence-corrected chi connectivity index (χ3v) is 7.12. The molecule has 1 aliphatic rings. The lowest BCUT2D eigenvalue weighted by molar-refractivity contribution is 0.0942.